The predicted octanol–water partition coefficient (Wildman–Crippen LogP) is 3.53. The number of hydrogen-bond donors (Lipinski definition) is 1. The van der Waals surface area contributed by atoms with Gasteiger partial charge in [0.05, 0.1) is 11.7 Å². The summed E-state index contributed by atoms with van der Waals surface area (Å²) in [5.41, 5.74) is 2.11. The second-order valence-electron chi connectivity index (χ2n) is 4.61. The smallest absolute Gasteiger partial charge is 0.152 e. The third kappa shape index (κ3) is 2.11. The fraction of sp³-hybridized carbons (Fsp3) is 0.133. The van der Waals surface area contributed by atoms with Crippen molar-refractivity contribution < 1.29 is 8.78 Å². The van der Waals surface area contributed by atoms with Crippen LogP contribution in [-0.2, 0) is 6.54 Å². The Balaban J connectivity index is 1.89. The number of nitrogens with zero attached hydrogens (tertiary/aromatic N) is 2. The Hall–Kier alpha value is -2.43. The van der Waals surface area contributed by atoms with Crippen molar-refractivity contribution in [3.05, 3.63) is 65.5 Å². The minimum absolute atomic E-state index is 0.0970. The summed E-state index contributed by atoms with van der Waals surface area (Å²) in [5, 5.41) is 7.00. The van der Waals surface area contributed by atoms with Gasteiger partial charge in [0.2, 0.25) is 0 Å². The maximum atomic E-state index is 13.9. The van der Waals surface area contributed by atoms with Crippen LogP contribution < -0.4 is 5.32 Å². The number of pyridine rings is 1. The van der Waals surface area contributed by atoms with Gasteiger partial charge >= 0.3 is 0 Å². The van der Waals surface area contributed by atoms with Gasteiger partial charge in [-0.1, -0.05) is 12.1 Å². The van der Waals surface area contributed by atoms with E-state index in [1.54, 1.807) is 17.6 Å². The van der Waals surface area contributed by atoms with E-state index < -0.39 is 11.6 Å². The maximum Gasteiger partial charge on any atom is 0.152 e. The van der Waals surface area contributed by atoms with Crippen LogP contribution >= 0.6 is 0 Å². The van der Waals surface area contributed by atoms with E-state index in [1.165, 1.54) is 12.1 Å². The molecule has 0 spiro atoms. The Bertz CT molecular complexity index is 765. The van der Waals surface area contributed by atoms with Gasteiger partial charge in [-0.3, -0.25) is 0 Å². The molecule has 1 aromatic carbocycles. The Labute approximate surface area is 114 Å². The lowest BCUT2D eigenvalue weighted by atomic mass is 10.2. The molecule has 0 fully saturated rings. The average Bonchev–Trinajstić information content (AvgIpc) is 2.87. The largest absolute Gasteiger partial charge is 0.376 e. The number of anilines is 1. The highest BCUT2D eigenvalue weighted by atomic mass is 19.1. The van der Waals surface area contributed by atoms with Crippen molar-refractivity contribution in [2.45, 2.75) is 13.5 Å². The van der Waals surface area contributed by atoms with Crippen LogP contribution in [-0.4, -0.2) is 9.61 Å². The van der Waals surface area contributed by atoms with Crippen molar-refractivity contribution in [3.63, 3.8) is 0 Å². The molecule has 5 heteroatoms. The molecule has 0 aliphatic carbocycles. The fourth-order valence-electron chi connectivity index (χ4n) is 2.13. The molecule has 0 radical (unpaired) electrons. The lowest BCUT2D eigenvalue weighted by molar-refractivity contribution is 0.582. The van der Waals surface area contributed by atoms with Crippen LogP contribution in [0.15, 0.2) is 42.7 Å². The first-order valence-electron chi connectivity index (χ1n) is 6.26. The number of benzene rings is 1. The van der Waals surface area contributed by atoms with Gasteiger partial charge in [0, 0.05) is 18.3 Å². The molecule has 3 rings (SSSR count). The highest BCUT2D eigenvalue weighted by molar-refractivity contribution is 5.56. The SMILES string of the molecule is Cc1ccc(F)c(NCc2cnn3ccccc23)c1F. The van der Waals surface area contributed by atoms with Crippen molar-refractivity contribution >= 4 is 11.2 Å². The third-order valence-electron chi connectivity index (χ3n) is 3.25. The van der Waals surface area contributed by atoms with Gasteiger partial charge < -0.3 is 5.32 Å². The van der Waals surface area contributed by atoms with Crippen LogP contribution in [0, 0.1) is 18.6 Å². The number of aryl methyl sites for hydroxylation is 1. The number of hydrogen-bond acceptors (Lipinski definition) is 2. The molecule has 0 atom stereocenters. The van der Waals surface area contributed by atoms with E-state index in [0.29, 0.717) is 12.1 Å². The third-order valence-corrected chi connectivity index (χ3v) is 3.25. The summed E-state index contributed by atoms with van der Waals surface area (Å²) in [6.07, 6.45) is 3.51. The lowest BCUT2D eigenvalue weighted by Gasteiger charge is -2.09. The molecule has 0 saturated heterocycles. The molecule has 0 saturated carbocycles. The zero-order chi connectivity index (χ0) is 14.1. The quantitative estimate of drug-likeness (QED) is 0.791. The number of aromatic nitrogens is 2. The van der Waals surface area contributed by atoms with Gasteiger partial charge in [-0.2, -0.15) is 5.10 Å². The van der Waals surface area contributed by atoms with E-state index in [1.807, 2.05) is 24.4 Å². The van der Waals surface area contributed by atoms with Gasteiger partial charge in [0.1, 0.15) is 11.5 Å². The molecule has 1 N–H and O–H groups in total. The summed E-state index contributed by atoms with van der Waals surface area (Å²) in [4.78, 5) is 0. The molecule has 0 unspecified atom stereocenters. The summed E-state index contributed by atoms with van der Waals surface area (Å²) in [6.45, 7) is 1.92. The van der Waals surface area contributed by atoms with Crippen molar-refractivity contribution in [1.29, 1.82) is 0 Å². The Morgan fingerprint density at radius 1 is 1.20 bits per heavy atom. The molecule has 0 amide bonds. The van der Waals surface area contributed by atoms with E-state index in [2.05, 4.69) is 10.4 Å². The van der Waals surface area contributed by atoms with Crippen molar-refractivity contribution in [2.24, 2.45) is 0 Å². The lowest BCUT2D eigenvalue weighted by Crippen LogP contribution is -2.04. The number of fused-ring (bicyclic) bond motifs is 1. The minimum Gasteiger partial charge on any atom is -0.376 e. The number of halogens is 2. The van der Waals surface area contributed by atoms with E-state index >= 15 is 0 Å². The van der Waals surface area contributed by atoms with Gasteiger partial charge in [-0.05, 0) is 30.7 Å². The summed E-state index contributed by atoms with van der Waals surface area (Å²) in [7, 11) is 0. The standard InChI is InChI=1S/C15H13F2N3/c1-10-5-6-12(16)15(14(10)17)18-8-11-9-19-20-7-3-2-4-13(11)20/h2-7,9,18H,8H2,1H3. The predicted molar refractivity (Wildman–Crippen MR) is 73.6 cm³/mol. The van der Waals surface area contributed by atoms with Crippen LogP contribution in [0.1, 0.15) is 11.1 Å². The molecule has 102 valence electrons. The normalized spacial score (nSPS) is 10.9. The Morgan fingerprint density at radius 2 is 2.05 bits per heavy atom. The van der Waals surface area contributed by atoms with E-state index in [4.69, 9.17) is 0 Å². The summed E-state index contributed by atoms with van der Waals surface area (Å²) in [5.74, 6) is -1.15. The Kier molecular flexibility index (Phi) is 3.10. The van der Waals surface area contributed by atoms with Gasteiger partial charge in [-0.15, -0.1) is 0 Å². The molecule has 0 aliphatic rings. The molecular formula is C15H13F2N3. The molecule has 2 heterocycles. The summed E-state index contributed by atoms with van der Waals surface area (Å²) in [6, 6.07) is 8.36. The van der Waals surface area contributed by atoms with Crippen molar-refractivity contribution in [3.8, 4) is 0 Å². The van der Waals surface area contributed by atoms with Crippen LogP contribution in [0.3, 0.4) is 0 Å². The first kappa shape index (κ1) is 12.6. The molecule has 2 aromatic heterocycles. The topological polar surface area (TPSA) is 29.3 Å². The van der Waals surface area contributed by atoms with E-state index in [9.17, 15) is 8.78 Å². The van der Waals surface area contributed by atoms with E-state index in [-0.39, 0.29) is 5.69 Å². The summed E-state index contributed by atoms with van der Waals surface area (Å²) < 4.78 is 29.3. The zero-order valence-electron chi connectivity index (χ0n) is 10.9. The van der Waals surface area contributed by atoms with Crippen LogP contribution in [0.25, 0.3) is 5.52 Å². The maximum absolute atomic E-state index is 13.9. The first-order chi connectivity index (χ1) is 9.66. The molecule has 0 bridgehead atoms. The fourth-order valence-corrected chi connectivity index (χ4v) is 2.13. The number of rotatable bonds is 3. The molecule has 3 nitrogen and oxygen atoms in total. The van der Waals surface area contributed by atoms with Gasteiger partial charge in [-0.25, -0.2) is 13.3 Å². The average molecular weight is 273 g/mol. The monoisotopic (exact) mass is 273 g/mol. The molecule has 20 heavy (non-hydrogen) atoms. The van der Waals surface area contributed by atoms with Gasteiger partial charge in [0.25, 0.3) is 0 Å². The molecule has 3 aromatic rings. The van der Waals surface area contributed by atoms with Crippen LogP contribution in [0.5, 0.6) is 0 Å². The van der Waals surface area contributed by atoms with Crippen molar-refractivity contribution in [2.75, 3.05) is 5.32 Å². The number of nitrogens with one attached hydrogen (secondary N) is 1. The molecule has 0 aliphatic heterocycles. The minimum atomic E-state index is -0.593. The van der Waals surface area contributed by atoms with Crippen LogP contribution in [0.4, 0.5) is 14.5 Å². The highest BCUT2D eigenvalue weighted by Crippen LogP contribution is 2.22. The van der Waals surface area contributed by atoms with Crippen molar-refractivity contribution in [1.82, 2.24) is 9.61 Å². The summed E-state index contributed by atoms with van der Waals surface area (Å²) >= 11 is 0. The molecular weight excluding hydrogens is 260 g/mol. The van der Waals surface area contributed by atoms with E-state index in [0.717, 1.165) is 11.1 Å². The van der Waals surface area contributed by atoms with Gasteiger partial charge in [0.15, 0.2) is 5.82 Å². The second-order valence-corrected chi connectivity index (χ2v) is 4.61. The van der Waals surface area contributed by atoms with Crippen LogP contribution in [0.2, 0.25) is 0 Å². The second kappa shape index (κ2) is 4.92. The first-order valence-corrected chi connectivity index (χ1v) is 6.26. The highest BCUT2D eigenvalue weighted by Gasteiger charge is 2.12. The Morgan fingerprint density at radius 3 is 2.90 bits per heavy atom. The zero-order valence-corrected chi connectivity index (χ0v) is 10.9.